The summed E-state index contributed by atoms with van der Waals surface area (Å²) in [6.45, 7) is 1.80. The van der Waals surface area contributed by atoms with Gasteiger partial charge in [0.1, 0.15) is 10.8 Å². The van der Waals surface area contributed by atoms with Crippen molar-refractivity contribution in [3.63, 3.8) is 0 Å². The molecule has 2 aromatic heterocycles. The summed E-state index contributed by atoms with van der Waals surface area (Å²) in [4.78, 5) is 16.5. The minimum absolute atomic E-state index is 0.180. The molecule has 3 rings (SSSR count). The third-order valence-corrected chi connectivity index (χ3v) is 3.55. The molecule has 2 heterocycles. The second-order valence-electron chi connectivity index (χ2n) is 5.02. The Kier molecular flexibility index (Phi) is 3.14. The number of hydrogen-bond acceptors (Lipinski definition) is 3. The monoisotopic (exact) mass is 290 g/mol. The summed E-state index contributed by atoms with van der Waals surface area (Å²) in [6, 6.07) is 5.50. The molecule has 1 fully saturated rings. The van der Waals surface area contributed by atoms with Crippen LogP contribution in [-0.2, 0) is 0 Å². The van der Waals surface area contributed by atoms with Gasteiger partial charge in [-0.1, -0.05) is 11.6 Å². The Bertz CT molecular complexity index is 676. The van der Waals surface area contributed by atoms with E-state index in [1.807, 2.05) is 10.8 Å². The van der Waals surface area contributed by atoms with Gasteiger partial charge in [0.25, 0.3) is 5.91 Å². The Morgan fingerprint density at radius 1 is 1.50 bits per heavy atom. The molecule has 0 aromatic carbocycles. The number of nitrogens with zero attached hydrogens (tertiary/aromatic N) is 2. The van der Waals surface area contributed by atoms with Gasteiger partial charge in [0.15, 0.2) is 0 Å². The Morgan fingerprint density at radius 3 is 2.90 bits per heavy atom. The van der Waals surface area contributed by atoms with Gasteiger partial charge in [-0.05, 0) is 38.0 Å². The van der Waals surface area contributed by atoms with Gasteiger partial charge in [-0.25, -0.2) is 4.98 Å². The Labute approximate surface area is 121 Å². The van der Waals surface area contributed by atoms with E-state index in [4.69, 9.17) is 17.3 Å². The number of hydrogen-bond donors (Lipinski definition) is 2. The highest BCUT2D eigenvalue weighted by atomic mass is 35.5. The first-order valence-electron chi connectivity index (χ1n) is 6.46. The van der Waals surface area contributed by atoms with Crippen LogP contribution in [0.2, 0.25) is 5.15 Å². The third kappa shape index (κ3) is 2.49. The van der Waals surface area contributed by atoms with Crippen LogP contribution in [0.4, 0.5) is 11.4 Å². The number of nitrogens with two attached hydrogens (primary N) is 1. The number of carbonyl (C=O) groups excluding carboxylic acids is 1. The smallest absolute Gasteiger partial charge is 0.272 e. The predicted molar refractivity (Wildman–Crippen MR) is 79.1 cm³/mol. The zero-order chi connectivity index (χ0) is 14.3. The number of pyridine rings is 1. The molecule has 1 aliphatic carbocycles. The van der Waals surface area contributed by atoms with Crippen molar-refractivity contribution < 1.29 is 4.79 Å². The highest BCUT2D eigenvalue weighted by molar-refractivity contribution is 6.29. The van der Waals surface area contributed by atoms with Crippen LogP contribution in [0.15, 0.2) is 24.4 Å². The summed E-state index contributed by atoms with van der Waals surface area (Å²) in [6.07, 6.45) is 4.01. The average Bonchev–Trinajstić information content (AvgIpc) is 3.16. The summed E-state index contributed by atoms with van der Waals surface area (Å²) in [7, 11) is 0. The van der Waals surface area contributed by atoms with Gasteiger partial charge in [-0.3, -0.25) is 4.79 Å². The average molecular weight is 291 g/mol. The fraction of sp³-hybridized carbons (Fsp3) is 0.286. The van der Waals surface area contributed by atoms with Gasteiger partial charge >= 0.3 is 0 Å². The van der Waals surface area contributed by atoms with Crippen molar-refractivity contribution in [2.75, 3.05) is 11.1 Å². The maximum atomic E-state index is 12.4. The van der Waals surface area contributed by atoms with E-state index in [0.717, 1.165) is 12.8 Å². The summed E-state index contributed by atoms with van der Waals surface area (Å²) in [5.41, 5.74) is 8.32. The molecule has 0 aliphatic heterocycles. The number of halogens is 1. The Balaban J connectivity index is 1.86. The van der Waals surface area contributed by atoms with Crippen LogP contribution in [0, 0.1) is 6.92 Å². The maximum Gasteiger partial charge on any atom is 0.272 e. The first-order valence-corrected chi connectivity index (χ1v) is 6.84. The van der Waals surface area contributed by atoms with Gasteiger partial charge in [0.2, 0.25) is 0 Å². The standard InChI is InChI=1S/C14H15ClN4O/c1-8-11(4-5-13(15)17-8)18-14(20)12-6-9(16)7-19(12)10-2-3-10/h4-7,10H,2-3,16H2,1H3,(H,18,20). The number of anilines is 2. The second kappa shape index (κ2) is 4.83. The number of nitrogens with one attached hydrogen (secondary N) is 1. The van der Waals surface area contributed by atoms with Crippen molar-refractivity contribution >= 4 is 28.9 Å². The van der Waals surface area contributed by atoms with E-state index in [1.165, 1.54) is 0 Å². The molecule has 1 saturated carbocycles. The van der Waals surface area contributed by atoms with E-state index in [2.05, 4.69) is 10.3 Å². The molecular weight excluding hydrogens is 276 g/mol. The van der Waals surface area contributed by atoms with E-state index >= 15 is 0 Å². The van der Waals surface area contributed by atoms with Gasteiger partial charge in [0, 0.05) is 12.2 Å². The third-order valence-electron chi connectivity index (χ3n) is 3.34. The lowest BCUT2D eigenvalue weighted by Gasteiger charge is -2.10. The number of nitrogen functional groups attached to an aromatic ring is 1. The molecule has 6 heteroatoms. The molecule has 0 radical (unpaired) electrons. The number of aryl methyl sites for hydroxylation is 1. The van der Waals surface area contributed by atoms with Crippen molar-refractivity contribution in [3.8, 4) is 0 Å². The first-order chi connectivity index (χ1) is 9.54. The highest BCUT2D eigenvalue weighted by Crippen LogP contribution is 2.37. The number of carbonyl (C=O) groups is 1. The van der Waals surface area contributed by atoms with Crippen LogP contribution in [0.5, 0.6) is 0 Å². The maximum absolute atomic E-state index is 12.4. The van der Waals surface area contributed by atoms with Crippen LogP contribution < -0.4 is 11.1 Å². The molecule has 1 aliphatic rings. The van der Waals surface area contributed by atoms with Crippen LogP contribution in [0.25, 0.3) is 0 Å². The molecule has 20 heavy (non-hydrogen) atoms. The molecule has 5 nitrogen and oxygen atoms in total. The van der Waals surface area contributed by atoms with Crippen molar-refractivity contribution in [2.24, 2.45) is 0 Å². The van der Waals surface area contributed by atoms with E-state index in [0.29, 0.717) is 34.0 Å². The quantitative estimate of drug-likeness (QED) is 0.854. The fourth-order valence-electron chi connectivity index (χ4n) is 2.19. The summed E-state index contributed by atoms with van der Waals surface area (Å²) in [5.74, 6) is -0.180. The lowest BCUT2D eigenvalue weighted by molar-refractivity contribution is 0.101. The molecule has 0 atom stereocenters. The minimum Gasteiger partial charge on any atom is -0.397 e. The van der Waals surface area contributed by atoms with E-state index in [-0.39, 0.29) is 5.91 Å². The van der Waals surface area contributed by atoms with Gasteiger partial charge < -0.3 is 15.6 Å². The normalized spacial score (nSPS) is 14.3. The zero-order valence-corrected chi connectivity index (χ0v) is 11.8. The second-order valence-corrected chi connectivity index (χ2v) is 5.41. The number of amides is 1. The van der Waals surface area contributed by atoms with Crippen LogP contribution in [0.3, 0.4) is 0 Å². The molecule has 2 aromatic rings. The molecule has 104 valence electrons. The highest BCUT2D eigenvalue weighted by Gasteiger charge is 2.27. The molecule has 1 amide bonds. The zero-order valence-electron chi connectivity index (χ0n) is 11.1. The van der Waals surface area contributed by atoms with Crippen LogP contribution in [0.1, 0.15) is 35.1 Å². The van der Waals surface area contributed by atoms with E-state index < -0.39 is 0 Å². The van der Waals surface area contributed by atoms with Gasteiger partial charge in [-0.15, -0.1) is 0 Å². The molecule has 0 saturated heterocycles. The topological polar surface area (TPSA) is 72.9 Å². The first kappa shape index (κ1) is 13.0. The molecule has 0 unspecified atom stereocenters. The van der Waals surface area contributed by atoms with Crippen molar-refractivity contribution in [2.45, 2.75) is 25.8 Å². The molecular formula is C14H15ClN4O. The lowest BCUT2D eigenvalue weighted by Crippen LogP contribution is -2.17. The van der Waals surface area contributed by atoms with Crippen molar-refractivity contribution in [1.29, 1.82) is 0 Å². The Hall–Kier alpha value is -2.01. The largest absolute Gasteiger partial charge is 0.397 e. The molecule has 0 bridgehead atoms. The van der Waals surface area contributed by atoms with Gasteiger partial charge in [-0.2, -0.15) is 0 Å². The van der Waals surface area contributed by atoms with Crippen LogP contribution >= 0.6 is 11.6 Å². The van der Waals surface area contributed by atoms with E-state index in [1.54, 1.807) is 25.1 Å². The SMILES string of the molecule is Cc1nc(Cl)ccc1NC(=O)c1cc(N)cn1C1CC1. The van der Waals surface area contributed by atoms with E-state index in [9.17, 15) is 4.79 Å². The van der Waals surface area contributed by atoms with Crippen molar-refractivity contribution in [3.05, 3.63) is 40.9 Å². The summed E-state index contributed by atoms with van der Waals surface area (Å²) < 4.78 is 1.95. The molecule has 3 N–H and O–H groups in total. The van der Waals surface area contributed by atoms with Crippen LogP contribution in [-0.4, -0.2) is 15.5 Å². The molecule has 0 spiro atoms. The summed E-state index contributed by atoms with van der Waals surface area (Å²) in [5, 5.41) is 3.26. The predicted octanol–water partition coefficient (Wildman–Crippen LogP) is 3.01. The Morgan fingerprint density at radius 2 is 2.25 bits per heavy atom. The fourth-order valence-corrected chi connectivity index (χ4v) is 2.38. The van der Waals surface area contributed by atoms with Gasteiger partial charge in [0.05, 0.1) is 17.1 Å². The number of rotatable bonds is 3. The summed E-state index contributed by atoms with van der Waals surface area (Å²) >= 11 is 5.80. The van der Waals surface area contributed by atoms with Crippen molar-refractivity contribution in [1.82, 2.24) is 9.55 Å². The number of aromatic nitrogens is 2. The minimum atomic E-state index is -0.180. The lowest BCUT2D eigenvalue weighted by atomic mass is 10.3.